The topological polar surface area (TPSA) is 40.5 Å². The number of halogens is 7. The van der Waals surface area contributed by atoms with Crippen molar-refractivity contribution in [3.05, 3.63) is 0 Å². The Hall–Kier alpha value is -0.0600. The summed E-state index contributed by atoms with van der Waals surface area (Å²) in [5.74, 6) is -2.06. The van der Waals surface area contributed by atoms with Gasteiger partial charge in [-0.05, 0) is 38.5 Å². The van der Waals surface area contributed by atoms with Crippen molar-refractivity contribution < 1.29 is 58.0 Å². The Bertz CT molecular complexity index is 548. The lowest BCUT2D eigenvalue weighted by Crippen LogP contribution is -3.00. The van der Waals surface area contributed by atoms with Crippen LogP contribution in [0.2, 0.25) is 0 Å². The summed E-state index contributed by atoms with van der Waals surface area (Å²) >= 11 is 0. The van der Waals surface area contributed by atoms with Gasteiger partial charge in [-0.1, -0.05) is 41.5 Å². The lowest BCUT2D eigenvalue weighted by Gasteiger charge is -2.45. The smallest absolute Gasteiger partial charge is 0.417 e. The lowest BCUT2D eigenvalue weighted by molar-refractivity contribution is -0.902. The van der Waals surface area contributed by atoms with E-state index in [1.54, 1.807) is 0 Å². The van der Waals surface area contributed by atoms with Gasteiger partial charge in [0.1, 0.15) is 0 Å². The molecular weight excluding hydrogens is 504 g/mol. The highest BCUT2D eigenvalue weighted by molar-refractivity contribution is 4.91. The van der Waals surface area contributed by atoms with Gasteiger partial charge in [0.15, 0.2) is 11.2 Å². The minimum atomic E-state index is -4.74. The molecule has 0 spiro atoms. The molecule has 0 amide bonds. The van der Waals surface area contributed by atoms with Gasteiger partial charge in [0.2, 0.25) is 0 Å². The molecule has 0 aromatic carbocycles. The number of hydrogen-bond donors (Lipinski definition) is 2. The Morgan fingerprint density at radius 1 is 0.625 bits per heavy atom. The fourth-order valence-corrected chi connectivity index (χ4v) is 5.12. The second-order valence-electron chi connectivity index (χ2n) is 12.1. The molecule has 0 saturated heterocycles. The molecule has 0 aromatic heterocycles. The van der Waals surface area contributed by atoms with Crippen molar-refractivity contribution in [1.29, 1.82) is 0 Å². The summed E-state index contributed by atoms with van der Waals surface area (Å²) < 4.78 is 79.4. The maximum absolute atomic E-state index is 13.2. The van der Waals surface area contributed by atoms with Crippen molar-refractivity contribution in [2.24, 2.45) is 22.7 Å². The van der Waals surface area contributed by atoms with Gasteiger partial charge in [-0.15, -0.1) is 0 Å². The third kappa shape index (κ3) is 9.29. The highest BCUT2D eigenvalue weighted by atomic mass is 79.9. The van der Waals surface area contributed by atoms with Crippen LogP contribution in [0.1, 0.15) is 68.2 Å². The summed E-state index contributed by atoms with van der Waals surface area (Å²) in [5, 5.41) is 19.9. The second kappa shape index (κ2) is 10.3. The maximum atomic E-state index is 13.2. The standard InChI is InChI=1S/C22H42F6NO2.BrH/c1-15(19(7,30)21(23,24)25)11-17(3,4)13-29(9,10)14-18(5,6)12-16(2)20(8,31)22(26,27)28;/h15-16,30-31H,11-14H2,1-10H3;1H/q+1;/p-1. The first kappa shape index (κ1) is 34.1. The second-order valence-corrected chi connectivity index (χ2v) is 12.1. The van der Waals surface area contributed by atoms with Gasteiger partial charge in [-0.25, -0.2) is 0 Å². The Kier molecular flexibility index (Phi) is 11.0. The third-order valence-corrected chi connectivity index (χ3v) is 6.50. The van der Waals surface area contributed by atoms with Crippen LogP contribution in [0.5, 0.6) is 0 Å². The van der Waals surface area contributed by atoms with Crippen LogP contribution >= 0.6 is 0 Å². The highest BCUT2D eigenvalue weighted by Gasteiger charge is 2.55. The molecule has 0 aromatic rings. The van der Waals surface area contributed by atoms with Crippen molar-refractivity contribution in [3.8, 4) is 0 Å². The average Bonchev–Trinajstić information content (AvgIpc) is 2.40. The molecule has 10 heteroatoms. The minimum absolute atomic E-state index is 0. The van der Waals surface area contributed by atoms with E-state index in [1.807, 2.05) is 41.8 Å². The Balaban J connectivity index is 0. The largest absolute Gasteiger partial charge is 1.00 e. The van der Waals surface area contributed by atoms with Crippen molar-refractivity contribution in [1.82, 2.24) is 0 Å². The molecule has 0 heterocycles. The number of quaternary nitrogens is 1. The first-order valence-electron chi connectivity index (χ1n) is 10.6. The fraction of sp³-hybridized carbons (Fsp3) is 1.00. The SMILES string of the molecule is CC(CC(C)(C)C[N+](C)(C)CC(C)(C)CC(C)C(C)(O)C(F)(F)F)C(C)(O)C(F)(F)F.[Br-]. The van der Waals surface area contributed by atoms with Crippen molar-refractivity contribution >= 4 is 0 Å². The van der Waals surface area contributed by atoms with E-state index in [-0.39, 0.29) is 29.8 Å². The first-order valence-corrected chi connectivity index (χ1v) is 10.6. The highest BCUT2D eigenvalue weighted by Crippen LogP contribution is 2.43. The number of nitrogens with zero attached hydrogens (tertiary/aromatic N) is 1. The van der Waals surface area contributed by atoms with Crippen LogP contribution in [0.4, 0.5) is 26.3 Å². The van der Waals surface area contributed by atoms with Crippen LogP contribution in [-0.4, -0.2) is 65.4 Å². The van der Waals surface area contributed by atoms with Crippen LogP contribution < -0.4 is 17.0 Å². The summed E-state index contributed by atoms with van der Waals surface area (Å²) in [7, 11) is 3.78. The molecule has 0 aliphatic heterocycles. The summed E-state index contributed by atoms with van der Waals surface area (Å²) in [6.07, 6.45) is -9.22. The van der Waals surface area contributed by atoms with E-state index in [0.717, 1.165) is 13.8 Å². The van der Waals surface area contributed by atoms with Crippen LogP contribution in [0.15, 0.2) is 0 Å². The monoisotopic (exact) mass is 545 g/mol. The fourth-order valence-electron chi connectivity index (χ4n) is 5.12. The molecule has 0 aliphatic rings. The molecule has 0 radical (unpaired) electrons. The summed E-state index contributed by atoms with van der Waals surface area (Å²) in [6.45, 7) is 12.6. The lowest BCUT2D eigenvalue weighted by atomic mass is 9.74. The Labute approximate surface area is 199 Å². The van der Waals surface area contributed by atoms with Crippen molar-refractivity contribution in [2.75, 3.05) is 27.2 Å². The summed E-state index contributed by atoms with van der Waals surface area (Å²) in [4.78, 5) is 0. The molecular formula is C22H42BrF6NO2. The van der Waals surface area contributed by atoms with E-state index in [4.69, 9.17) is 0 Å². The molecule has 196 valence electrons. The molecule has 0 rings (SSSR count). The van der Waals surface area contributed by atoms with Crippen molar-refractivity contribution in [2.45, 2.75) is 91.8 Å². The Morgan fingerprint density at radius 3 is 1.03 bits per heavy atom. The molecule has 3 nitrogen and oxygen atoms in total. The molecule has 4 atom stereocenters. The molecule has 2 N–H and O–H groups in total. The van der Waals surface area contributed by atoms with Gasteiger partial charge in [0.05, 0.1) is 27.2 Å². The van der Waals surface area contributed by atoms with Gasteiger partial charge in [-0.2, -0.15) is 26.3 Å². The number of hydrogen-bond acceptors (Lipinski definition) is 2. The van der Waals surface area contributed by atoms with Gasteiger partial charge < -0.3 is 31.7 Å². The molecule has 0 bridgehead atoms. The zero-order valence-electron chi connectivity index (χ0n) is 21.0. The van der Waals surface area contributed by atoms with Gasteiger partial charge in [0, 0.05) is 10.8 Å². The summed E-state index contributed by atoms with van der Waals surface area (Å²) in [6, 6.07) is 0. The quantitative estimate of drug-likeness (QED) is 0.327. The van der Waals surface area contributed by atoms with E-state index in [9.17, 15) is 36.6 Å². The number of rotatable bonds is 10. The first-order chi connectivity index (χ1) is 13.2. The van der Waals surface area contributed by atoms with Crippen LogP contribution in [0, 0.1) is 22.7 Å². The van der Waals surface area contributed by atoms with Gasteiger partial charge in [-0.3, -0.25) is 0 Å². The van der Waals surface area contributed by atoms with E-state index < -0.39 is 46.2 Å². The normalized spacial score (nSPS) is 20.1. The molecule has 0 aliphatic carbocycles. The maximum Gasteiger partial charge on any atom is 0.417 e. The molecule has 0 fully saturated rings. The molecule has 0 saturated carbocycles. The zero-order chi connectivity index (χ0) is 25.5. The third-order valence-electron chi connectivity index (χ3n) is 6.50. The average molecular weight is 546 g/mol. The number of aliphatic hydroxyl groups is 2. The minimum Gasteiger partial charge on any atom is -1.00 e. The molecule has 4 unspecified atom stereocenters. The number of alkyl halides is 6. The van der Waals surface area contributed by atoms with Gasteiger partial charge in [0.25, 0.3) is 0 Å². The van der Waals surface area contributed by atoms with E-state index in [1.165, 1.54) is 13.8 Å². The van der Waals surface area contributed by atoms with E-state index >= 15 is 0 Å². The van der Waals surface area contributed by atoms with E-state index in [2.05, 4.69) is 0 Å². The van der Waals surface area contributed by atoms with Crippen LogP contribution in [0.3, 0.4) is 0 Å². The Morgan fingerprint density at radius 2 is 0.844 bits per heavy atom. The van der Waals surface area contributed by atoms with Crippen molar-refractivity contribution in [3.63, 3.8) is 0 Å². The summed E-state index contributed by atoms with van der Waals surface area (Å²) in [5.41, 5.74) is -6.73. The predicted molar refractivity (Wildman–Crippen MR) is 110 cm³/mol. The van der Waals surface area contributed by atoms with Crippen LogP contribution in [0.25, 0.3) is 0 Å². The zero-order valence-corrected chi connectivity index (χ0v) is 22.6. The molecule has 32 heavy (non-hydrogen) atoms. The van der Waals surface area contributed by atoms with Gasteiger partial charge >= 0.3 is 12.4 Å². The predicted octanol–water partition coefficient (Wildman–Crippen LogP) is 2.80. The van der Waals surface area contributed by atoms with E-state index in [0.29, 0.717) is 17.6 Å². The van der Waals surface area contributed by atoms with Crippen LogP contribution in [-0.2, 0) is 0 Å².